The second kappa shape index (κ2) is 9.56. The van der Waals surface area contributed by atoms with E-state index in [4.69, 9.17) is 14.7 Å². The van der Waals surface area contributed by atoms with E-state index in [1.54, 1.807) is 24.3 Å². The summed E-state index contributed by atoms with van der Waals surface area (Å²) < 4.78 is 10.5. The molecule has 2 atom stereocenters. The SMILES string of the molecule is Cc1ccc(C(C)NC(=O)COC(=O)C(C)Oc2ccc(C#N)cc2)cc1C. The first-order valence-corrected chi connectivity index (χ1v) is 9.00. The molecule has 0 bridgehead atoms. The van der Waals surface area contributed by atoms with Crippen molar-refractivity contribution in [1.82, 2.24) is 5.32 Å². The van der Waals surface area contributed by atoms with Crippen LogP contribution in [0.15, 0.2) is 42.5 Å². The van der Waals surface area contributed by atoms with Crippen molar-refractivity contribution in [3.8, 4) is 11.8 Å². The lowest BCUT2D eigenvalue weighted by molar-refractivity contribution is -0.154. The molecule has 0 saturated carbocycles. The average Bonchev–Trinajstić information content (AvgIpc) is 2.68. The number of rotatable bonds is 7. The highest BCUT2D eigenvalue weighted by Crippen LogP contribution is 2.17. The minimum atomic E-state index is -0.877. The van der Waals surface area contributed by atoms with Crippen LogP contribution in [0.2, 0.25) is 0 Å². The maximum absolute atomic E-state index is 12.1. The van der Waals surface area contributed by atoms with Crippen LogP contribution in [0.5, 0.6) is 5.75 Å². The molecule has 0 fully saturated rings. The lowest BCUT2D eigenvalue weighted by Crippen LogP contribution is -2.34. The van der Waals surface area contributed by atoms with Crippen LogP contribution in [0.4, 0.5) is 0 Å². The molecule has 0 aliphatic heterocycles. The Balaban J connectivity index is 1.81. The van der Waals surface area contributed by atoms with Crippen molar-refractivity contribution < 1.29 is 19.1 Å². The molecule has 0 aromatic heterocycles. The van der Waals surface area contributed by atoms with E-state index in [9.17, 15) is 9.59 Å². The number of ether oxygens (including phenoxy) is 2. The van der Waals surface area contributed by atoms with Crippen molar-refractivity contribution in [2.75, 3.05) is 6.61 Å². The van der Waals surface area contributed by atoms with Gasteiger partial charge in [-0.1, -0.05) is 18.2 Å². The molecular weight excluding hydrogens is 356 g/mol. The van der Waals surface area contributed by atoms with Gasteiger partial charge in [0.2, 0.25) is 0 Å². The van der Waals surface area contributed by atoms with Gasteiger partial charge in [0.15, 0.2) is 12.7 Å². The third kappa shape index (κ3) is 5.85. The van der Waals surface area contributed by atoms with Gasteiger partial charge in [-0.25, -0.2) is 4.79 Å². The molecule has 0 radical (unpaired) electrons. The largest absolute Gasteiger partial charge is 0.479 e. The lowest BCUT2D eigenvalue weighted by atomic mass is 10.0. The zero-order chi connectivity index (χ0) is 20.7. The summed E-state index contributed by atoms with van der Waals surface area (Å²) in [6.45, 7) is 7.08. The van der Waals surface area contributed by atoms with E-state index in [0.29, 0.717) is 11.3 Å². The Labute approximate surface area is 165 Å². The summed E-state index contributed by atoms with van der Waals surface area (Å²) in [6.07, 6.45) is -0.877. The van der Waals surface area contributed by atoms with Crippen LogP contribution < -0.4 is 10.1 Å². The third-order valence-corrected chi connectivity index (χ3v) is 4.38. The Kier molecular flexibility index (Phi) is 7.16. The number of hydrogen-bond donors (Lipinski definition) is 1. The Morgan fingerprint density at radius 1 is 1.07 bits per heavy atom. The van der Waals surface area contributed by atoms with Crippen LogP contribution in [0.25, 0.3) is 0 Å². The number of hydrogen-bond acceptors (Lipinski definition) is 5. The first-order valence-electron chi connectivity index (χ1n) is 9.00. The number of nitrogens with zero attached hydrogens (tertiary/aromatic N) is 1. The summed E-state index contributed by atoms with van der Waals surface area (Å²) >= 11 is 0. The fraction of sp³-hybridized carbons (Fsp3) is 0.318. The summed E-state index contributed by atoms with van der Waals surface area (Å²) in [6, 6.07) is 14.2. The van der Waals surface area contributed by atoms with Gasteiger partial charge < -0.3 is 14.8 Å². The fourth-order valence-corrected chi connectivity index (χ4v) is 2.51. The topological polar surface area (TPSA) is 88.4 Å². The first-order chi connectivity index (χ1) is 13.3. The highest BCUT2D eigenvalue weighted by Gasteiger charge is 2.19. The Morgan fingerprint density at radius 3 is 2.36 bits per heavy atom. The molecule has 2 unspecified atom stereocenters. The second-order valence-electron chi connectivity index (χ2n) is 6.64. The van der Waals surface area contributed by atoms with Crippen LogP contribution in [0, 0.1) is 25.2 Å². The highest BCUT2D eigenvalue weighted by molar-refractivity contribution is 5.82. The van der Waals surface area contributed by atoms with E-state index < -0.39 is 12.1 Å². The van der Waals surface area contributed by atoms with Gasteiger partial charge in [0.1, 0.15) is 5.75 Å². The fourth-order valence-electron chi connectivity index (χ4n) is 2.51. The van der Waals surface area contributed by atoms with Crippen LogP contribution in [-0.2, 0) is 14.3 Å². The zero-order valence-corrected chi connectivity index (χ0v) is 16.5. The van der Waals surface area contributed by atoms with Crippen molar-refractivity contribution >= 4 is 11.9 Å². The van der Waals surface area contributed by atoms with Gasteiger partial charge in [-0.05, 0) is 68.7 Å². The molecular formula is C22H24N2O4. The summed E-state index contributed by atoms with van der Waals surface area (Å²) in [5.41, 5.74) is 3.82. The smallest absolute Gasteiger partial charge is 0.347 e. The molecule has 0 heterocycles. The number of benzene rings is 2. The summed E-state index contributed by atoms with van der Waals surface area (Å²) in [7, 11) is 0. The predicted molar refractivity (Wildman–Crippen MR) is 105 cm³/mol. The van der Waals surface area contributed by atoms with Crippen molar-refractivity contribution in [3.05, 3.63) is 64.7 Å². The van der Waals surface area contributed by atoms with Gasteiger partial charge in [0, 0.05) is 0 Å². The molecule has 0 spiro atoms. The maximum atomic E-state index is 12.1. The zero-order valence-electron chi connectivity index (χ0n) is 16.5. The molecule has 28 heavy (non-hydrogen) atoms. The molecule has 0 saturated heterocycles. The van der Waals surface area contributed by atoms with E-state index in [1.165, 1.54) is 12.5 Å². The van der Waals surface area contributed by atoms with Crippen LogP contribution in [-0.4, -0.2) is 24.6 Å². The van der Waals surface area contributed by atoms with Gasteiger partial charge in [-0.3, -0.25) is 4.79 Å². The average molecular weight is 380 g/mol. The number of nitriles is 1. The Bertz CT molecular complexity index is 884. The third-order valence-electron chi connectivity index (χ3n) is 4.38. The number of esters is 1. The molecule has 6 nitrogen and oxygen atoms in total. The standard InChI is InChI=1S/C22H24N2O4/c1-14-5-8-19(11-15(14)2)16(3)24-21(25)13-27-22(26)17(4)28-20-9-6-18(12-23)7-10-20/h5-11,16-17H,13H2,1-4H3,(H,24,25). The van der Waals surface area contributed by atoms with Gasteiger partial charge >= 0.3 is 5.97 Å². The monoisotopic (exact) mass is 380 g/mol. The van der Waals surface area contributed by atoms with Gasteiger partial charge in [0.25, 0.3) is 5.91 Å². The lowest BCUT2D eigenvalue weighted by Gasteiger charge is -2.17. The number of nitrogens with one attached hydrogen (secondary N) is 1. The normalized spacial score (nSPS) is 12.4. The minimum Gasteiger partial charge on any atom is -0.479 e. The molecule has 1 amide bonds. The molecule has 2 aromatic rings. The van der Waals surface area contributed by atoms with Crippen molar-refractivity contribution in [2.45, 2.75) is 39.8 Å². The molecule has 6 heteroatoms. The van der Waals surface area contributed by atoms with Gasteiger partial charge in [-0.15, -0.1) is 0 Å². The van der Waals surface area contributed by atoms with Crippen LogP contribution in [0.1, 0.15) is 42.1 Å². The maximum Gasteiger partial charge on any atom is 0.347 e. The van der Waals surface area contributed by atoms with E-state index in [1.807, 2.05) is 45.0 Å². The second-order valence-corrected chi connectivity index (χ2v) is 6.64. The molecule has 2 aromatic carbocycles. The van der Waals surface area contributed by atoms with Gasteiger partial charge in [0.05, 0.1) is 17.7 Å². The molecule has 2 rings (SSSR count). The summed E-state index contributed by atoms with van der Waals surface area (Å²) in [4.78, 5) is 24.1. The molecule has 0 aliphatic carbocycles. The van der Waals surface area contributed by atoms with E-state index in [2.05, 4.69) is 5.32 Å². The van der Waals surface area contributed by atoms with Gasteiger partial charge in [-0.2, -0.15) is 5.26 Å². The highest BCUT2D eigenvalue weighted by atomic mass is 16.6. The minimum absolute atomic E-state index is 0.196. The van der Waals surface area contributed by atoms with Crippen LogP contribution >= 0.6 is 0 Å². The van der Waals surface area contributed by atoms with Crippen molar-refractivity contribution in [2.24, 2.45) is 0 Å². The van der Waals surface area contributed by atoms with Crippen LogP contribution in [0.3, 0.4) is 0 Å². The summed E-state index contributed by atoms with van der Waals surface area (Å²) in [5, 5.41) is 11.6. The Hall–Kier alpha value is -3.33. The number of amides is 1. The summed E-state index contributed by atoms with van der Waals surface area (Å²) in [5.74, 6) is -0.584. The Morgan fingerprint density at radius 2 is 1.75 bits per heavy atom. The number of carbonyl (C=O) groups is 2. The predicted octanol–water partition coefficient (Wildman–Crippen LogP) is 3.36. The number of aryl methyl sites for hydroxylation is 2. The van der Waals surface area contributed by atoms with E-state index in [-0.39, 0.29) is 18.6 Å². The van der Waals surface area contributed by atoms with Crippen molar-refractivity contribution in [1.29, 1.82) is 5.26 Å². The first kappa shape index (κ1) is 21.0. The van der Waals surface area contributed by atoms with Crippen molar-refractivity contribution in [3.63, 3.8) is 0 Å². The molecule has 146 valence electrons. The van der Waals surface area contributed by atoms with E-state index in [0.717, 1.165) is 11.1 Å². The van der Waals surface area contributed by atoms with E-state index >= 15 is 0 Å². The molecule has 0 aliphatic rings. The molecule has 1 N–H and O–H groups in total. The number of carbonyl (C=O) groups excluding carboxylic acids is 2. The quantitative estimate of drug-likeness (QED) is 0.744.